The highest BCUT2D eigenvalue weighted by atomic mass is 15.0. The Balaban J connectivity index is 0.000000142. The maximum Gasteiger partial charge on any atom is 0.164 e. The van der Waals surface area contributed by atoms with Crippen LogP contribution in [0.2, 0.25) is 0 Å². The lowest BCUT2D eigenvalue weighted by Gasteiger charge is -2.34. The molecule has 458 valence electrons. The molecule has 0 amide bonds. The van der Waals surface area contributed by atoms with Gasteiger partial charge in [-0.15, -0.1) is 0 Å². The van der Waals surface area contributed by atoms with Gasteiger partial charge in [0.1, 0.15) is 0 Å². The molecule has 14 aromatic carbocycles. The molecule has 0 saturated carbocycles. The predicted octanol–water partition coefficient (Wildman–Crippen LogP) is 21.8. The van der Waals surface area contributed by atoms with E-state index in [1.54, 1.807) is 0 Å². The minimum atomic E-state index is -0.434. The Kier molecular flexibility index (Phi) is 14.2. The first-order valence-corrected chi connectivity index (χ1v) is 33.3. The molecule has 0 fully saturated rings. The van der Waals surface area contributed by atoms with E-state index in [0.29, 0.717) is 34.9 Å². The Morgan fingerprint density at radius 1 is 0.143 bits per heavy atom. The van der Waals surface area contributed by atoms with E-state index in [9.17, 15) is 0 Å². The van der Waals surface area contributed by atoms with Gasteiger partial charge in [0, 0.05) is 33.4 Å². The molecule has 0 aliphatic heterocycles. The van der Waals surface area contributed by atoms with Gasteiger partial charge in [-0.2, -0.15) is 0 Å². The van der Waals surface area contributed by atoms with Gasteiger partial charge in [-0.1, -0.05) is 364 Å². The van der Waals surface area contributed by atoms with Gasteiger partial charge in [-0.3, -0.25) is 0 Å². The number of hydrogen-bond donors (Lipinski definition) is 0. The number of benzene rings is 14. The number of hydrogen-bond acceptors (Lipinski definition) is 6. The largest absolute Gasteiger partial charge is 0.208 e. The molecule has 2 aromatic heterocycles. The van der Waals surface area contributed by atoms with Crippen LogP contribution < -0.4 is 0 Å². The van der Waals surface area contributed by atoms with Crippen molar-refractivity contribution >= 4 is 0 Å². The maximum atomic E-state index is 4.96. The van der Waals surface area contributed by atoms with Crippen molar-refractivity contribution in [1.29, 1.82) is 0 Å². The second-order valence-electron chi connectivity index (χ2n) is 25.1. The van der Waals surface area contributed by atoms with E-state index in [0.717, 1.165) is 44.5 Å². The van der Waals surface area contributed by atoms with Crippen molar-refractivity contribution in [3.05, 3.63) is 408 Å². The zero-order valence-corrected chi connectivity index (χ0v) is 53.3. The lowest BCUT2D eigenvalue weighted by molar-refractivity contribution is 0.768. The third kappa shape index (κ3) is 9.48. The number of rotatable bonds is 10. The molecule has 0 unspecified atom stereocenters. The standard InChI is InChI=1S/C46H29N3.C46H31N3/c1-3-14-31(15-4-1)43-47-44(32-16-5-2-6-17-32)49-45(48-43)33-28-26-30(27-29-33)34-21-13-25-41-42(34)37-20-9-12-24-40(37)46(41)38-22-10-7-18-35(38)36-19-8-11-23-39(36)46;1-5-16-33(17-6-1)43-47-44(34-18-7-2-8-19-34)49-45(48-43)35-30-28-32(29-31-35)38-25-15-27-41-42(38)39-24-13-14-26-40(39)46(41,36-20-9-3-10-21-36)37-22-11-4-12-23-37/h1-29H;1-31H. The number of fused-ring (bicyclic) bond motifs is 13. The van der Waals surface area contributed by atoms with Gasteiger partial charge in [0.05, 0.1) is 10.8 Å². The Hall–Kier alpha value is -12.9. The van der Waals surface area contributed by atoms with Gasteiger partial charge in [-0.25, -0.2) is 29.9 Å². The smallest absolute Gasteiger partial charge is 0.164 e. The van der Waals surface area contributed by atoms with Gasteiger partial charge >= 0.3 is 0 Å². The van der Waals surface area contributed by atoms with Crippen molar-refractivity contribution in [1.82, 2.24) is 29.9 Å². The van der Waals surface area contributed by atoms with Crippen molar-refractivity contribution in [3.8, 4) is 124 Å². The molecule has 0 atom stereocenters. The van der Waals surface area contributed by atoms with Crippen LogP contribution >= 0.6 is 0 Å². The summed E-state index contributed by atoms with van der Waals surface area (Å²) in [5.41, 5.74) is 28.0. The van der Waals surface area contributed by atoms with Crippen LogP contribution in [-0.2, 0) is 10.8 Å². The number of nitrogens with zero attached hydrogens (tertiary/aromatic N) is 6. The van der Waals surface area contributed by atoms with Crippen molar-refractivity contribution in [2.75, 3.05) is 0 Å². The SMILES string of the molecule is c1ccc(-c2nc(-c3ccccc3)nc(-c3ccc(-c4cccc5c4-c4ccccc4C5(c4ccccc4)c4ccccc4)cc3)n2)cc1.c1ccc(-c2nc(-c3ccccc3)nc(-c3ccc(-c4cccc5c4-c4ccccc4C54c5ccccc5-c5ccccc54)cc3)n2)cc1. The van der Waals surface area contributed by atoms with Crippen LogP contribution in [0.3, 0.4) is 0 Å². The van der Waals surface area contributed by atoms with E-state index in [-0.39, 0.29) is 5.41 Å². The molecular formula is C92H60N6. The summed E-state index contributed by atoms with van der Waals surface area (Å²) in [7, 11) is 0. The maximum absolute atomic E-state index is 4.96. The average Bonchev–Trinajstić information content (AvgIpc) is 1.50. The zero-order chi connectivity index (χ0) is 65.0. The van der Waals surface area contributed by atoms with Crippen LogP contribution in [0.5, 0.6) is 0 Å². The van der Waals surface area contributed by atoms with Crippen LogP contribution in [0, 0.1) is 0 Å². The topological polar surface area (TPSA) is 77.3 Å². The molecule has 0 N–H and O–H groups in total. The second kappa shape index (κ2) is 24.1. The summed E-state index contributed by atoms with van der Waals surface area (Å²) < 4.78 is 0. The molecule has 6 heteroatoms. The van der Waals surface area contributed by atoms with Gasteiger partial charge in [0.2, 0.25) is 0 Å². The van der Waals surface area contributed by atoms with Crippen molar-refractivity contribution in [3.63, 3.8) is 0 Å². The first-order chi connectivity index (χ1) is 48.6. The summed E-state index contributed by atoms with van der Waals surface area (Å²) in [6, 6.07) is 129. The van der Waals surface area contributed by atoms with E-state index in [1.165, 1.54) is 89.0 Å². The lowest BCUT2D eigenvalue weighted by Crippen LogP contribution is -2.28. The van der Waals surface area contributed by atoms with E-state index < -0.39 is 5.41 Å². The normalized spacial score (nSPS) is 12.9. The van der Waals surface area contributed by atoms with Gasteiger partial charge < -0.3 is 0 Å². The Bertz CT molecular complexity index is 5190. The molecule has 2 heterocycles. The molecular weight excluding hydrogens is 1190 g/mol. The molecule has 3 aliphatic carbocycles. The molecule has 3 aliphatic rings. The first-order valence-electron chi connectivity index (χ1n) is 33.3. The fourth-order valence-electron chi connectivity index (χ4n) is 15.6. The molecule has 6 nitrogen and oxygen atoms in total. The molecule has 0 radical (unpaired) electrons. The van der Waals surface area contributed by atoms with Crippen LogP contribution in [0.4, 0.5) is 0 Å². The van der Waals surface area contributed by atoms with Crippen LogP contribution in [0.1, 0.15) is 44.5 Å². The number of aromatic nitrogens is 6. The highest BCUT2D eigenvalue weighted by Crippen LogP contribution is 2.64. The fourth-order valence-corrected chi connectivity index (χ4v) is 15.6. The third-order valence-corrected chi connectivity index (χ3v) is 19.8. The Labute approximate surface area is 569 Å². The monoisotopic (exact) mass is 1250 g/mol. The molecule has 0 saturated heterocycles. The van der Waals surface area contributed by atoms with E-state index >= 15 is 0 Å². The summed E-state index contributed by atoms with van der Waals surface area (Å²) in [6.45, 7) is 0. The lowest BCUT2D eigenvalue weighted by atomic mass is 9.67. The minimum absolute atomic E-state index is 0.360. The highest BCUT2D eigenvalue weighted by Gasteiger charge is 2.52. The van der Waals surface area contributed by atoms with Crippen molar-refractivity contribution in [2.45, 2.75) is 10.8 Å². The van der Waals surface area contributed by atoms with Crippen LogP contribution in [0.25, 0.3) is 124 Å². The molecule has 16 aromatic rings. The quantitative estimate of drug-likeness (QED) is 0.136. The average molecular weight is 1250 g/mol. The summed E-state index contributed by atoms with van der Waals surface area (Å²) in [4.78, 5) is 29.6. The minimum Gasteiger partial charge on any atom is -0.208 e. The van der Waals surface area contributed by atoms with Crippen molar-refractivity contribution in [2.24, 2.45) is 0 Å². The highest BCUT2D eigenvalue weighted by molar-refractivity contribution is 6.00. The summed E-state index contributed by atoms with van der Waals surface area (Å²) in [5.74, 6) is 3.94. The first kappa shape index (κ1) is 57.7. The summed E-state index contributed by atoms with van der Waals surface area (Å²) in [5, 5.41) is 0. The molecule has 0 bridgehead atoms. The Morgan fingerprint density at radius 3 is 0.684 bits per heavy atom. The predicted molar refractivity (Wildman–Crippen MR) is 397 cm³/mol. The molecule has 1 spiro atoms. The van der Waals surface area contributed by atoms with E-state index in [2.05, 4.69) is 243 Å². The summed E-state index contributed by atoms with van der Waals surface area (Å²) >= 11 is 0. The van der Waals surface area contributed by atoms with Gasteiger partial charge in [0.25, 0.3) is 0 Å². The third-order valence-electron chi connectivity index (χ3n) is 19.8. The van der Waals surface area contributed by atoms with Crippen LogP contribution in [0.15, 0.2) is 364 Å². The van der Waals surface area contributed by atoms with E-state index in [4.69, 9.17) is 29.9 Å². The molecule has 19 rings (SSSR count). The second-order valence-corrected chi connectivity index (χ2v) is 25.1. The van der Waals surface area contributed by atoms with Gasteiger partial charge in [0.15, 0.2) is 34.9 Å². The zero-order valence-electron chi connectivity index (χ0n) is 53.3. The van der Waals surface area contributed by atoms with E-state index in [1.807, 2.05) is 121 Å². The fraction of sp³-hybridized carbons (Fsp3) is 0.0217. The Morgan fingerprint density at radius 2 is 0.357 bits per heavy atom. The summed E-state index contributed by atoms with van der Waals surface area (Å²) in [6.07, 6.45) is 0. The van der Waals surface area contributed by atoms with Gasteiger partial charge in [-0.05, 0) is 100 Å². The van der Waals surface area contributed by atoms with Crippen molar-refractivity contribution < 1.29 is 0 Å². The molecule has 98 heavy (non-hydrogen) atoms. The van der Waals surface area contributed by atoms with Crippen LogP contribution in [-0.4, -0.2) is 29.9 Å².